The highest BCUT2D eigenvalue weighted by atomic mass is 16.2. The van der Waals surface area contributed by atoms with Gasteiger partial charge in [-0.2, -0.15) is 0 Å². The first kappa shape index (κ1) is 12.8. The molecule has 3 heteroatoms. The van der Waals surface area contributed by atoms with Crippen LogP contribution in [0.5, 0.6) is 0 Å². The molecule has 1 aliphatic carbocycles. The van der Waals surface area contributed by atoms with E-state index in [1.165, 1.54) is 0 Å². The van der Waals surface area contributed by atoms with Crippen molar-refractivity contribution in [1.29, 1.82) is 0 Å². The predicted molar refractivity (Wildman–Crippen MR) is 71.1 cm³/mol. The molecule has 1 rings (SSSR count). The van der Waals surface area contributed by atoms with Crippen LogP contribution in [0, 0.1) is 0 Å². The molecule has 0 radical (unpaired) electrons. The van der Waals surface area contributed by atoms with Gasteiger partial charge in [0.25, 0.3) is 0 Å². The summed E-state index contributed by atoms with van der Waals surface area (Å²) >= 11 is 0. The van der Waals surface area contributed by atoms with E-state index in [2.05, 4.69) is 23.8 Å². The molecule has 0 bridgehead atoms. The molecule has 0 atom stereocenters. The number of carbonyl (C=O) groups excluding carboxylic acids is 1. The summed E-state index contributed by atoms with van der Waals surface area (Å²) in [5.74, 6) is 0. The first-order chi connectivity index (χ1) is 8.26. The predicted octanol–water partition coefficient (Wildman–Crippen LogP) is 2.94. The fourth-order valence-corrected chi connectivity index (χ4v) is 1.24. The Kier molecular flexibility index (Phi) is 5.31. The smallest absolute Gasteiger partial charge is 0.308 e. The lowest BCUT2D eigenvalue weighted by Gasteiger charge is -2.07. The van der Waals surface area contributed by atoms with Gasteiger partial charge in [0.1, 0.15) is 0 Å². The summed E-state index contributed by atoms with van der Waals surface area (Å²) in [5, 5.41) is 5.39. The number of rotatable bonds is 4. The van der Waals surface area contributed by atoms with E-state index in [4.69, 9.17) is 0 Å². The van der Waals surface area contributed by atoms with Crippen LogP contribution in [0.2, 0.25) is 0 Å². The van der Waals surface area contributed by atoms with Crippen LogP contribution in [-0.2, 0) is 0 Å². The van der Waals surface area contributed by atoms with Crippen molar-refractivity contribution in [2.45, 2.75) is 6.42 Å². The first-order valence-corrected chi connectivity index (χ1v) is 5.33. The van der Waals surface area contributed by atoms with E-state index in [-0.39, 0.29) is 6.03 Å². The summed E-state index contributed by atoms with van der Waals surface area (Å²) in [6.07, 6.45) is 15.3. The maximum absolute atomic E-state index is 11.6. The number of hydrogen-bond donors (Lipinski definition) is 2. The lowest BCUT2D eigenvalue weighted by Crippen LogP contribution is -2.33. The van der Waals surface area contributed by atoms with Crippen molar-refractivity contribution in [3.8, 4) is 0 Å². The topological polar surface area (TPSA) is 41.1 Å². The van der Waals surface area contributed by atoms with Crippen LogP contribution in [0.3, 0.4) is 0 Å². The summed E-state index contributed by atoms with van der Waals surface area (Å²) in [6.45, 7) is 7.15. The summed E-state index contributed by atoms with van der Waals surface area (Å²) in [4.78, 5) is 11.6. The Hall–Kier alpha value is -2.29. The molecule has 0 heterocycles. The minimum atomic E-state index is -0.302. The molecule has 0 aromatic heterocycles. The van der Waals surface area contributed by atoms with Gasteiger partial charge in [-0.1, -0.05) is 37.5 Å². The van der Waals surface area contributed by atoms with Gasteiger partial charge in [0.05, 0.1) is 0 Å². The second kappa shape index (κ2) is 7.06. The molecule has 3 nitrogen and oxygen atoms in total. The Morgan fingerprint density at radius 1 is 1.35 bits per heavy atom. The van der Waals surface area contributed by atoms with Crippen molar-refractivity contribution in [2.24, 2.45) is 0 Å². The van der Waals surface area contributed by atoms with Gasteiger partial charge in [-0.05, 0) is 30.7 Å². The molecule has 0 saturated heterocycles. The van der Waals surface area contributed by atoms with Gasteiger partial charge >= 0.3 is 6.03 Å². The van der Waals surface area contributed by atoms with Crippen molar-refractivity contribution < 1.29 is 4.79 Å². The second-order valence-corrected chi connectivity index (χ2v) is 3.33. The highest BCUT2D eigenvalue weighted by Crippen LogP contribution is 2.01. The Morgan fingerprint density at radius 3 is 2.88 bits per heavy atom. The lowest BCUT2D eigenvalue weighted by atomic mass is 10.3. The first-order valence-electron chi connectivity index (χ1n) is 5.33. The quantitative estimate of drug-likeness (QED) is 0.714. The van der Waals surface area contributed by atoms with E-state index in [9.17, 15) is 4.79 Å². The van der Waals surface area contributed by atoms with E-state index in [1.807, 2.05) is 30.4 Å². The van der Waals surface area contributed by atoms with Gasteiger partial charge < -0.3 is 10.6 Å². The fraction of sp³-hybridized carbons (Fsp3) is 0.0714. The molecule has 0 unspecified atom stereocenters. The molecule has 88 valence electrons. The van der Waals surface area contributed by atoms with Crippen molar-refractivity contribution >= 4 is 6.03 Å². The number of hydrogen-bond acceptors (Lipinski definition) is 1. The van der Waals surface area contributed by atoms with Crippen LogP contribution in [0.1, 0.15) is 6.42 Å². The number of allylic oxidation sites excluding steroid dienone is 8. The molecular formula is C14H16N2O. The minimum Gasteiger partial charge on any atom is -0.308 e. The maximum Gasteiger partial charge on any atom is 0.323 e. The van der Waals surface area contributed by atoms with E-state index < -0.39 is 0 Å². The lowest BCUT2D eigenvalue weighted by molar-refractivity contribution is 0.246. The van der Waals surface area contributed by atoms with Crippen molar-refractivity contribution in [1.82, 2.24) is 10.6 Å². The van der Waals surface area contributed by atoms with E-state index in [0.717, 1.165) is 12.1 Å². The fourth-order valence-electron chi connectivity index (χ4n) is 1.24. The average Bonchev–Trinajstić information content (AvgIpc) is 2.57. The van der Waals surface area contributed by atoms with Crippen LogP contribution < -0.4 is 10.6 Å². The molecule has 0 saturated carbocycles. The zero-order valence-corrected chi connectivity index (χ0v) is 9.65. The third-order valence-corrected chi connectivity index (χ3v) is 2.01. The zero-order valence-electron chi connectivity index (χ0n) is 9.65. The number of amides is 2. The van der Waals surface area contributed by atoms with Gasteiger partial charge in [-0.3, -0.25) is 0 Å². The van der Waals surface area contributed by atoms with Gasteiger partial charge in [-0.15, -0.1) is 0 Å². The van der Waals surface area contributed by atoms with E-state index in [1.54, 1.807) is 18.2 Å². The zero-order chi connectivity index (χ0) is 12.5. The molecule has 0 aromatic rings. The van der Waals surface area contributed by atoms with Crippen LogP contribution in [0.25, 0.3) is 0 Å². The van der Waals surface area contributed by atoms with Crippen LogP contribution >= 0.6 is 0 Å². The Morgan fingerprint density at radius 2 is 2.18 bits per heavy atom. The molecule has 0 aliphatic heterocycles. The highest BCUT2D eigenvalue weighted by Gasteiger charge is 2.02. The van der Waals surface area contributed by atoms with Gasteiger partial charge in [0.2, 0.25) is 0 Å². The number of nitrogens with one attached hydrogen (secondary N) is 2. The van der Waals surface area contributed by atoms with Gasteiger partial charge in [-0.25, -0.2) is 4.79 Å². The summed E-state index contributed by atoms with van der Waals surface area (Å²) < 4.78 is 0. The Labute approximate surface area is 102 Å². The molecule has 2 N–H and O–H groups in total. The molecule has 0 aromatic carbocycles. The summed E-state index contributed by atoms with van der Waals surface area (Å²) in [6, 6.07) is -0.302. The van der Waals surface area contributed by atoms with Crippen molar-refractivity contribution in [2.75, 3.05) is 0 Å². The molecule has 17 heavy (non-hydrogen) atoms. The molecule has 0 fully saturated rings. The monoisotopic (exact) mass is 228 g/mol. The minimum absolute atomic E-state index is 0.302. The SMILES string of the molecule is C=C/C=C(\C=C)NC(=O)NC1=CC=CCC=C1. The highest BCUT2D eigenvalue weighted by molar-refractivity contribution is 5.78. The summed E-state index contributed by atoms with van der Waals surface area (Å²) in [7, 11) is 0. The van der Waals surface area contributed by atoms with Crippen LogP contribution in [0.4, 0.5) is 4.79 Å². The third kappa shape index (κ3) is 4.84. The Bertz CT molecular complexity index is 426. The summed E-state index contributed by atoms with van der Waals surface area (Å²) in [5.41, 5.74) is 1.35. The number of urea groups is 1. The normalized spacial score (nSPS) is 14.6. The van der Waals surface area contributed by atoms with Crippen molar-refractivity contribution in [3.05, 3.63) is 73.2 Å². The molecule has 0 spiro atoms. The number of carbonyl (C=O) groups is 1. The second-order valence-electron chi connectivity index (χ2n) is 3.33. The standard InChI is InChI=1S/C14H16N2O/c1-3-9-12(4-2)15-14(17)16-13-10-7-5-6-8-11-13/h3-5,7-11H,1-2,6H2,(H2,15,16,17)/b12-9+. The van der Waals surface area contributed by atoms with Crippen LogP contribution in [-0.4, -0.2) is 6.03 Å². The Balaban J connectivity index is 2.57. The average molecular weight is 228 g/mol. The van der Waals surface area contributed by atoms with Crippen molar-refractivity contribution in [3.63, 3.8) is 0 Å². The largest absolute Gasteiger partial charge is 0.323 e. The molecule has 1 aliphatic rings. The van der Waals surface area contributed by atoms with Crippen LogP contribution in [0.15, 0.2) is 73.2 Å². The maximum atomic E-state index is 11.6. The van der Waals surface area contributed by atoms with Gasteiger partial charge in [0, 0.05) is 11.4 Å². The third-order valence-electron chi connectivity index (χ3n) is 2.01. The van der Waals surface area contributed by atoms with E-state index in [0.29, 0.717) is 5.70 Å². The van der Waals surface area contributed by atoms with Gasteiger partial charge in [0.15, 0.2) is 0 Å². The molecular weight excluding hydrogens is 212 g/mol. The van der Waals surface area contributed by atoms with E-state index >= 15 is 0 Å². The molecule has 2 amide bonds.